The summed E-state index contributed by atoms with van der Waals surface area (Å²) in [6, 6.07) is 10.9. The second kappa shape index (κ2) is 7.44. The van der Waals surface area contributed by atoms with Crippen LogP contribution in [0.5, 0.6) is 0 Å². The van der Waals surface area contributed by atoms with E-state index in [1.807, 2.05) is 36.1 Å². The van der Waals surface area contributed by atoms with Gasteiger partial charge in [-0.2, -0.15) is 0 Å². The van der Waals surface area contributed by atoms with E-state index in [1.165, 1.54) is 17.4 Å². The van der Waals surface area contributed by atoms with Crippen LogP contribution in [0.3, 0.4) is 0 Å². The minimum Gasteiger partial charge on any atom is -0.352 e. The number of carbonyl (C=O) groups is 1. The van der Waals surface area contributed by atoms with Crippen molar-refractivity contribution in [3.8, 4) is 10.6 Å². The second-order valence-electron chi connectivity index (χ2n) is 6.57. The van der Waals surface area contributed by atoms with Crippen LogP contribution in [0.4, 0.5) is 10.2 Å². The van der Waals surface area contributed by atoms with E-state index >= 15 is 0 Å². The number of halogens is 1. The number of amides is 1. The Morgan fingerprint density at radius 1 is 1.30 bits per heavy atom. The summed E-state index contributed by atoms with van der Waals surface area (Å²) >= 11 is 1.46. The fourth-order valence-corrected chi connectivity index (χ4v) is 4.14. The number of rotatable bonds is 4. The first kappa shape index (κ1) is 17.6. The molecule has 4 rings (SSSR count). The molecule has 1 unspecified atom stereocenters. The van der Waals surface area contributed by atoms with Gasteiger partial charge in [0.2, 0.25) is 0 Å². The summed E-state index contributed by atoms with van der Waals surface area (Å²) in [5.41, 5.74) is 2.59. The highest BCUT2D eigenvalue weighted by Crippen LogP contribution is 2.27. The Labute approximate surface area is 160 Å². The Morgan fingerprint density at radius 2 is 2.15 bits per heavy atom. The van der Waals surface area contributed by atoms with Crippen molar-refractivity contribution in [3.63, 3.8) is 0 Å². The summed E-state index contributed by atoms with van der Waals surface area (Å²) in [5, 5.41) is 5.62. The van der Waals surface area contributed by atoms with Crippen LogP contribution in [0, 0.1) is 12.7 Å². The van der Waals surface area contributed by atoms with Crippen LogP contribution in [0.15, 0.2) is 48.0 Å². The van der Waals surface area contributed by atoms with Crippen molar-refractivity contribution in [1.82, 2.24) is 15.3 Å². The monoisotopic (exact) mass is 382 g/mol. The SMILES string of the molecule is Cc1ccccc1-c1nc(C(=O)NC2CCN(c3ncccc3F)C2)cs1. The lowest BCUT2D eigenvalue weighted by Gasteiger charge is -2.18. The van der Waals surface area contributed by atoms with Crippen molar-refractivity contribution in [3.05, 3.63) is 65.0 Å². The summed E-state index contributed by atoms with van der Waals surface area (Å²) in [6.45, 7) is 3.22. The molecule has 5 nitrogen and oxygen atoms in total. The minimum atomic E-state index is -0.341. The van der Waals surface area contributed by atoms with Crippen LogP contribution in [0.25, 0.3) is 10.6 Å². The van der Waals surface area contributed by atoms with Crippen LogP contribution in [-0.4, -0.2) is 35.0 Å². The second-order valence-corrected chi connectivity index (χ2v) is 7.42. The van der Waals surface area contributed by atoms with Gasteiger partial charge >= 0.3 is 0 Å². The molecule has 3 heterocycles. The number of aromatic nitrogens is 2. The smallest absolute Gasteiger partial charge is 0.271 e. The van der Waals surface area contributed by atoms with Gasteiger partial charge in [0, 0.05) is 36.3 Å². The number of carbonyl (C=O) groups excluding carboxylic acids is 1. The highest BCUT2D eigenvalue weighted by Gasteiger charge is 2.27. The van der Waals surface area contributed by atoms with E-state index in [1.54, 1.807) is 17.6 Å². The molecule has 0 bridgehead atoms. The van der Waals surface area contributed by atoms with E-state index in [0.29, 0.717) is 24.6 Å². The summed E-state index contributed by atoms with van der Waals surface area (Å²) in [5.74, 6) is -0.198. The molecular formula is C20H19FN4OS. The number of aryl methyl sites for hydroxylation is 1. The third-order valence-electron chi connectivity index (χ3n) is 4.67. The third-order valence-corrected chi connectivity index (χ3v) is 5.55. The first-order valence-corrected chi connectivity index (χ1v) is 9.67. The highest BCUT2D eigenvalue weighted by molar-refractivity contribution is 7.13. The summed E-state index contributed by atoms with van der Waals surface area (Å²) in [7, 11) is 0. The molecule has 0 spiro atoms. The molecule has 1 fully saturated rings. The van der Waals surface area contributed by atoms with Gasteiger partial charge in [-0.1, -0.05) is 24.3 Å². The average molecular weight is 382 g/mol. The number of thiazole rings is 1. The summed E-state index contributed by atoms with van der Waals surface area (Å²) in [6.07, 6.45) is 2.32. The molecule has 1 aliphatic rings. The van der Waals surface area contributed by atoms with Gasteiger partial charge in [0.15, 0.2) is 11.6 Å². The lowest BCUT2D eigenvalue weighted by Crippen LogP contribution is -2.37. The Bertz CT molecular complexity index is 974. The lowest BCUT2D eigenvalue weighted by atomic mass is 10.1. The first-order valence-electron chi connectivity index (χ1n) is 8.79. The molecule has 1 aromatic carbocycles. The molecular weight excluding hydrogens is 363 g/mol. The Kier molecular flexibility index (Phi) is 4.85. The van der Waals surface area contributed by atoms with E-state index in [-0.39, 0.29) is 17.8 Å². The largest absolute Gasteiger partial charge is 0.352 e. The van der Waals surface area contributed by atoms with E-state index in [2.05, 4.69) is 15.3 Å². The number of nitrogens with zero attached hydrogens (tertiary/aromatic N) is 3. The number of hydrogen-bond donors (Lipinski definition) is 1. The van der Waals surface area contributed by atoms with Crippen LogP contribution in [-0.2, 0) is 0 Å². The Balaban J connectivity index is 1.42. The molecule has 2 aromatic heterocycles. The van der Waals surface area contributed by atoms with Gasteiger partial charge in [0.1, 0.15) is 10.7 Å². The molecule has 138 valence electrons. The van der Waals surface area contributed by atoms with Crippen molar-refractivity contribution in [1.29, 1.82) is 0 Å². The summed E-state index contributed by atoms with van der Waals surface area (Å²) in [4.78, 5) is 23.0. The van der Waals surface area contributed by atoms with Crippen molar-refractivity contribution in [2.45, 2.75) is 19.4 Å². The fraction of sp³-hybridized carbons (Fsp3) is 0.250. The van der Waals surface area contributed by atoms with Crippen molar-refractivity contribution < 1.29 is 9.18 Å². The molecule has 1 saturated heterocycles. The lowest BCUT2D eigenvalue weighted by molar-refractivity contribution is 0.0936. The number of benzene rings is 1. The first-order chi connectivity index (χ1) is 13.1. The number of hydrogen-bond acceptors (Lipinski definition) is 5. The van der Waals surface area contributed by atoms with Gasteiger partial charge < -0.3 is 10.2 Å². The molecule has 1 amide bonds. The molecule has 7 heteroatoms. The number of pyridine rings is 1. The zero-order chi connectivity index (χ0) is 18.8. The van der Waals surface area contributed by atoms with Gasteiger partial charge in [-0.3, -0.25) is 4.79 Å². The molecule has 0 aliphatic carbocycles. The van der Waals surface area contributed by atoms with E-state index < -0.39 is 0 Å². The Hall–Kier alpha value is -2.80. The quantitative estimate of drug-likeness (QED) is 0.748. The van der Waals surface area contributed by atoms with E-state index in [9.17, 15) is 9.18 Å². The molecule has 1 N–H and O–H groups in total. The molecule has 3 aromatic rings. The van der Waals surface area contributed by atoms with E-state index in [4.69, 9.17) is 0 Å². The predicted molar refractivity (Wildman–Crippen MR) is 105 cm³/mol. The normalized spacial score (nSPS) is 16.5. The molecule has 0 radical (unpaired) electrons. The van der Waals surface area contributed by atoms with Crippen LogP contribution in [0.2, 0.25) is 0 Å². The Morgan fingerprint density at radius 3 is 2.96 bits per heavy atom. The van der Waals surface area contributed by atoms with Gasteiger partial charge in [0.05, 0.1) is 0 Å². The minimum absolute atomic E-state index is 0.0532. The number of anilines is 1. The predicted octanol–water partition coefficient (Wildman–Crippen LogP) is 3.66. The molecule has 0 saturated carbocycles. The zero-order valence-corrected chi connectivity index (χ0v) is 15.7. The summed E-state index contributed by atoms with van der Waals surface area (Å²) < 4.78 is 13.9. The van der Waals surface area contributed by atoms with Crippen LogP contribution >= 0.6 is 11.3 Å². The molecule has 1 atom stereocenters. The highest BCUT2D eigenvalue weighted by atomic mass is 32.1. The van der Waals surface area contributed by atoms with Gasteiger partial charge in [0.25, 0.3) is 5.91 Å². The standard InChI is InChI=1S/C20H19FN4OS/c1-13-5-2-3-6-15(13)20-24-17(12-27-20)19(26)23-14-8-10-25(11-14)18-16(21)7-4-9-22-18/h2-7,9,12,14H,8,10-11H2,1H3,(H,23,26). The molecule has 27 heavy (non-hydrogen) atoms. The fourth-order valence-electron chi connectivity index (χ4n) is 3.25. The topological polar surface area (TPSA) is 58.1 Å². The van der Waals surface area contributed by atoms with Crippen molar-refractivity contribution in [2.24, 2.45) is 0 Å². The third kappa shape index (κ3) is 3.68. The number of nitrogens with one attached hydrogen (secondary N) is 1. The van der Waals surface area contributed by atoms with Gasteiger partial charge in [-0.25, -0.2) is 14.4 Å². The molecule has 1 aliphatic heterocycles. The van der Waals surface area contributed by atoms with Crippen LogP contribution < -0.4 is 10.2 Å². The maximum atomic E-state index is 13.9. The van der Waals surface area contributed by atoms with Crippen LogP contribution in [0.1, 0.15) is 22.5 Å². The van der Waals surface area contributed by atoms with Crippen molar-refractivity contribution in [2.75, 3.05) is 18.0 Å². The van der Waals surface area contributed by atoms with Gasteiger partial charge in [-0.15, -0.1) is 11.3 Å². The maximum Gasteiger partial charge on any atom is 0.271 e. The van der Waals surface area contributed by atoms with E-state index in [0.717, 1.165) is 22.6 Å². The van der Waals surface area contributed by atoms with Gasteiger partial charge in [-0.05, 0) is 31.0 Å². The maximum absolute atomic E-state index is 13.9. The van der Waals surface area contributed by atoms with Crippen molar-refractivity contribution >= 4 is 23.1 Å². The zero-order valence-electron chi connectivity index (χ0n) is 14.9. The average Bonchev–Trinajstić information content (AvgIpc) is 3.32.